The predicted molar refractivity (Wildman–Crippen MR) is 98.7 cm³/mol. The second-order valence-electron chi connectivity index (χ2n) is 5.84. The number of nitrogens with zero attached hydrogens (tertiary/aromatic N) is 3. The Kier molecular flexibility index (Phi) is 6.02. The number of rotatable bonds is 6. The van der Waals surface area contributed by atoms with E-state index in [1.54, 1.807) is 0 Å². The highest BCUT2D eigenvalue weighted by atomic mass is 79.9. The molecule has 23 heavy (non-hydrogen) atoms. The van der Waals surface area contributed by atoms with Gasteiger partial charge in [0.05, 0.1) is 0 Å². The first-order valence-corrected chi connectivity index (χ1v) is 8.93. The maximum absolute atomic E-state index is 4.14. The molecule has 0 bridgehead atoms. The van der Waals surface area contributed by atoms with E-state index in [2.05, 4.69) is 66.4 Å². The van der Waals surface area contributed by atoms with E-state index in [1.165, 1.54) is 11.3 Å². The second-order valence-corrected chi connectivity index (χ2v) is 6.76. The van der Waals surface area contributed by atoms with Crippen LogP contribution in [0.4, 0.5) is 5.69 Å². The molecule has 122 valence electrons. The molecule has 1 aromatic carbocycles. The first kappa shape index (κ1) is 16.4. The highest BCUT2D eigenvalue weighted by Crippen LogP contribution is 2.19. The molecule has 0 aliphatic carbocycles. The van der Waals surface area contributed by atoms with Crippen LogP contribution in [-0.2, 0) is 6.54 Å². The number of halogens is 1. The van der Waals surface area contributed by atoms with Crippen LogP contribution in [0.3, 0.4) is 0 Å². The highest BCUT2D eigenvalue weighted by Gasteiger charge is 2.16. The average Bonchev–Trinajstić information content (AvgIpc) is 2.61. The summed E-state index contributed by atoms with van der Waals surface area (Å²) < 4.78 is 1.14. The third kappa shape index (κ3) is 5.03. The molecule has 1 saturated heterocycles. The van der Waals surface area contributed by atoms with Gasteiger partial charge in [0.15, 0.2) is 0 Å². The zero-order valence-corrected chi connectivity index (χ0v) is 14.9. The Morgan fingerprint density at radius 1 is 1.04 bits per heavy atom. The topological polar surface area (TPSA) is 31.4 Å². The number of anilines is 1. The summed E-state index contributed by atoms with van der Waals surface area (Å²) in [4.78, 5) is 9.13. The first-order valence-electron chi connectivity index (χ1n) is 8.14. The Labute approximate surface area is 146 Å². The summed E-state index contributed by atoms with van der Waals surface area (Å²) in [6, 6.07) is 12.7. The Hall–Kier alpha value is -1.43. The van der Waals surface area contributed by atoms with Crippen molar-refractivity contribution < 1.29 is 0 Å². The summed E-state index contributed by atoms with van der Waals surface area (Å²) in [5.74, 6) is 0. The highest BCUT2D eigenvalue weighted by molar-refractivity contribution is 9.10. The summed E-state index contributed by atoms with van der Waals surface area (Å²) in [5, 5.41) is 3.50. The Morgan fingerprint density at radius 2 is 1.83 bits per heavy atom. The molecule has 1 aromatic heterocycles. The normalized spacial score (nSPS) is 15.8. The Balaban J connectivity index is 1.35. The van der Waals surface area contributed by atoms with Crippen molar-refractivity contribution in [2.24, 2.45) is 0 Å². The molecule has 2 aromatic rings. The zero-order valence-electron chi connectivity index (χ0n) is 13.3. The largest absolute Gasteiger partial charge is 0.369 e. The lowest BCUT2D eigenvalue weighted by Crippen LogP contribution is -2.48. The van der Waals surface area contributed by atoms with E-state index in [0.717, 1.165) is 50.3 Å². The molecule has 3 rings (SSSR count). The van der Waals surface area contributed by atoms with Crippen molar-refractivity contribution in [3.63, 3.8) is 0 Å². The maximum atomic E-state index is 4.14. The molecule has 1 aliphatic heterocycles. The summed E-state index contributed by atoms with van der Waals surface area (Å²) in [5.41, 5.74) is 2.56. The quantitative estimate of drug-likeness (QED) is 0.787. The summed E-state index contributed by atoms with van der Waals surface area (Å²) in [6.45, 7) is 7.48. The molecule has 0 amide bonds. The molecule has 0 spiro atoms. The van der Waals surface area contributed by atoms with E-state index in [1.807, 2.05) is 18.5 Å². The van der Waals surface area contributed by atoms with Crippen LogP contribution in [0, 0.1) is 0 Å². The van der Waals surface area contributed by atoms with Gasteiger partial charge in [-0.15, -0.1) is 0 Å². The molecule has 1 N–H and O–H groups in total. The van der Waals surface area contributed by atoms with Crippen LogP contribution in [0.2, 0.25) is 0 Å². The van der Waals surface area contributed by atoms with Gasteiger partial charge in [0, 0.05) is 68.4 Å². The van der Waals surface area contributed by atoms with Crippen LogP contribution >= 0.6 is 15.9 Å². The minimum absolute atomic E-state index is 0.896. The summed E-state index contributed by atoms with van der Waals surface area (Å²) in [6.07, 6.45) is 3.73. The van der Waals surface area contributed by atoms with E-state index in [4.69, 9.17) is 0 Å². The van der Waals surface area contributed by atoms with Crippen LogP contribution in [0.5, 0.6) is 0 Å². The molecule has 4 nitrogen and oxygen atoms in total. The fourth-order valence-electron chi connectivity index (χ4n) is 2.85. The van der Waals surface area contributed by atoms with E-state index < -0.39 is 0 Å². The van der Waals surface area contributed by atoms with Gasteiger partial charge < -0.3 is 10.2 Å². The second kappa shape index (κ2) is 8.43. The number of piperazine rings is 1. The number of pyridine rings is 1. The van der Waals surface area contributed by atoms with Crippen molar-refractivity contribution in [3.05, 3.63) is 58.8 Å². The monoisotopic (exact) mass is 374 g/mol. The van der Waals surface area contributed by atoms with Crippen LogP contribution in [0.25, 0.3) is 0 Å². The van der Waals surface area contributed by atoms with Crippen molar-refractivity contribution in [3.8, 4) is 0 Å². The molecule has 2 heterocycles. The molecule has 0 atom stereocenters. The van der Waals surface area contributed by atoms with Gasteiger partial charge in [0.25, 0.3) is 0 Å². The standard InChI is InChI=1S/C18H23BrN4/c19-17-3-5-18(6-4-17)23-12-10-22(11-13-23)9-8-21-15-16-2-1-7-20-14-16/h1-7,14,21H,8-13,15H2. The van der Waals surface area contributed by atoms with E-state index in [9.17, 15) is 0 Å². The SMILES string of the molecule is Brc1ccc(N2CCN(CCNCc3cccnc3)CC2)cc1. The van der Waals surface area contributed by atoms with Gasteiger partial charge in [-0.2, -0.15) is 0 Å². The minimum Gasteiger partial charge on any atom is -0.369 e. The molecular formula is C18H23BrN4. The smallest absolute Gasteiger partial charge is 0.0367 e. The summed E-state index contributed by atoms with van der Waals surface area (Å²) in [7, 11) is 0. The molecule has 0 saturated carbocycles. The van der Waals surface area contributed by atoms with Crippen molar-refractivity contribution in [2.45, 2.75) is 6.54 Å². The molecular weight excluding hydrogens is 352 g/mol. The maximum Gasteiger partial charge on any atom is 0.0367 e. The molecule has 1 fully saturated rings. The Morgan fingerprint density at radius 3 is 2.52 bits per heavy atom. The first-order chi connectivity index (χ1) is 11.3. The fraction of sp³-hybridized carbons (Fsp3) is 0.389. The third-order valence-electron chi connectivity index (χ3n) is 4.22. The molecule has 0 radical (unpaired) electrons. The molecule has 1 aliphatic rings. The molecule has 5 heteroatoms. The predicted octanol–water partition coefficient (Wildman–Crippen LogP) is 2.76. The van der Waals surface area contributed by atoms with Gasteiger partial charge in [-0.3, -0.25) is 9.88 Å². The van der Waals surface area contributed by atoms with Crippen LogP contribution in [-0.4, -0.2) is 49.2 Å². The lowest BCUT2D eigenvalue weighted by molar-refractivity contribution is 0.257. The average molecular weight is 375 g/mol. The number of hydrogen-bond donors (Lipinski definition) is 1. The number of aromatic nitrogens is 1. The van der Waals surface area contributed by atoms with Gasteiger partial charge in [-0.25, -0.2) is 0 Å². The van der Waals surface area contributed by atoms with Crippen LogP contribution in [0.1, 0.15) is 5.56 Å². The van der Waals surface area contributed by atoms with Gasteiger partial charge in [-0.05, 0) is 35.9 Å². The number of hydrogen-bond acceptors (Lipinski definition) is 4. The van der Waals surface area contributed by atoms with Crippen molar-refractivity contribution in [2.75, 3.05) is 44.2 Å². The lowest BCUT2D eigenvalue weighted by atomic mass is 10.2. The Bertz CT molecular complexity index is 580. The van der Waals surface area contributed by atoms with Crippen molar-refractivity contribution in [1.82, 2.24) is 15.2 Å². The summed E-state index contributed by atoms with van der Waals surface area (Å²) >= 11 is 3.49. The van der Waals surface area contributed by atoms with Crippen LogP contribution in [0.15, 0.2) is 53.3 Å². The van der Waals surface area contributed by atoms with Crippen LogP contribution < -0.4 is 10.2 Å². The number of benzene rings is 1. The zero-order chi connectivity index (χ0) is 15.9. The molecule has 0 unspecified atom stereocenters. The van der Waals surface area contributed by atoms with Gasteiger partial charge >= 0.3 is 0 Å². The lowest BCUT2D eigenvalue weighted by Gasteiger charge is -2.36. The van der Waals surface area contributed by atoms with E-state index in [-0.39, 0.29) is 0 Å². The van der Waals surface area contributed by atoms with Gasteiger partial charge in [-0.1, -0.05) is 22.0 Å². The van der Waals surface area contributed by atoms with Gasteiger partial charge in [0.2, 0.25) is 0 Å². The van der Waals surface area contributed by atoms with Crippen molar-refractivity contribution >= 4 is 21.6 Å². The fourth-order valence-corrected chi connectivity index (χ4v) is 3.12. The van der Waals surface area contributed by atoms with E-state index >= 15 is 0 Å². The number of nitrogens with one attached hydrogen (secondary N) is 1. The van der Waals surface area contributed by atoms with Gasteiger partial charge in [0.1, 0.15) is 0 Å². The van der Waals surface area contributed by atoms with E-state index in [0.29, 0.717) is 0 Å². The van der Waals surface area contributed by atoms with Crippen molar-refractivity contribution in [1.29, 1.82) is 0 Å². The minimum atomic E-state index is 0.896. The third-order valence-corrected chi connectivity index (χ3v) is 4.75.